The van der Waals surface area contributed by atoms with Gasteiger partial charge in [-0.1, -0.05) is 36.4 Å². The van der Waals surface area contributed by atoms with Crippen LogP contribution < -0.4 is 27.4 Å². The first-order valence-corrected chi connectivity index (χ1v) is 14.9. The van der Waals surface area contributed by atoms with Crippen LogP contribution in [0.1, 0.15) is 36.8 Å². The van der Waals surface area contributed by atoms with Crippen molar-refractivity contribution in [1.82, 2.24) is 25.9 Å². The number of carboxylic acid groups (broad SMARTS) is 2. The molecule has 2 heterocycles. The average molecular weight is 648 g/mol. The van der Waals surface area contributed by atoms with E-state index >= 15 is 0 Å². The molecular formula is C32H37N7O8. The second kappa shape index (κ2) is 15.5. The van der Waals surface area contributed by atoms with E-state index < -0.39 is 59.7 Å². The Hall–Kier alpha value is -5.70. The van der Waals surface area contributed by atoms with Crippen LogP contribution >= 0.6 is 0 Å². The zero-order valence-corrected chi connectivity index (χ0v) is 25.3. The number of nitrogens with two attached hydrogens (primary N) is 2. The fraction of sp³-hybridized carbons (Fsp3) is 0.312. The highest BCUT2D eigenvalue weighted by Crippen LogP contribution is 2.21. The Labute approximate surface area is 268 Å². The molecule has 11 N–H and O–H groups in total. The third kappa shape index (κ3) is 9.17. The van der Waals surface area contributed by atoms with Crippen LogP contribution in [0.4, 0.5) is 0 Å². The van der Waals surface area contributed by atoms with Gasteiger partial charge in [-0.05, 0) is 36.1 Å². The Morgan fingerprint density at radius 3 is 1.68 bits per heavy atom. The molecule has 0 aliphatic heterocycles. The Balaban J connectivity index is 1.58. The number of carboxylic acids is 2. The van der Waals surface area contributed by atoms with Crippen molar-refractivity contribution < 1.29 is 39.0 Å². The van der Waals surface area contributed by atoms with Crippen molar-refractivity contribution in [2.45, 2.75) is 62.7 Å². The first kappa shape index (κ1) is 34.2. The number of aromatic nitrogens is 2. The summed E-state index contributed by atoms with van der Waals surface area (Å²) >= 11 is 0. The lowest BCUT2D eigenvalue weighted by molar-refractivity contribution is -0.142. The van der Waals surface area contributed by atoms with E-state index in [9.17, 15) is 33.9 Å². The van der Waals surface area contributed by atoms with E-state index in [1.807, 2.05) is 42.5 Å². The average Bonchev–Trinajstić information content (AvgIpc) is 3.64. The molecule has 0 saturated heterocycles. The van der Waals surface area contributed by atoms with Crippen molar-refractivity contribution in [2.75, 3.05) is 0 Å². The summed E-state index contributed by atoms with van der Waals surface area (Å²) in [5, 5.41) is 28.1. The van der Waals surface area contributed by atoms with Crippen LogP contribution in [-0.2, 0) is 41.6 Å². The number of H-pyrrole nitrogens is 2. The Kier molecular flexibility index (Phi) is 11.3. The van der Waals surface area contributed by atoms with Crippen molar-refractivity contribution in [2.24, 2.45) is 11.5 Å². The van der Waals surface area contributed by atoms with Gasteiger partial charge in [0.2, 0.25) is 23.6 Å². The number of aliphatic carboxylic acids is 2. The highest BCUT2D eigenvalue weighted by molar-refractivity contribution is 5.95. The molecule has 4 amide bonds. The van der Waals surface area contributed by atoms with Crippen molar-refractivity contribution in [1.29, 1.82) is 0 Å². The van der Waals surface area contributed by atoms with Crippen LogP contribution in [0.5, 0.6) is 0 Å². The van der Waals surface area contributed by atoms with Crippen LogP contribution in [0.3, 0.4) is 0 Å². The molecule has 15 heteroatoms. The Bertz CT molecular complexity index is 1780. The second-order valence-electron chi connectivity index (χ2n) is 11.2. The molecule has 0 aliphatic carbocycles. The quantitative estimate of drug-likeness (QED) is 0.0768. The predicted molar refractivity (Wildman–Crippen MR) is 171 cm³/mol. The molecule has 2 aromatic heterocycles. The molecule has 248 valence electrons. The molecule has 4 atom stereocenters. The summed E-state index contributed by atoms with van der Waals surface area (Å²) in [4.78, 5) is 81.0. The van der Waals surface area contributed by atoms with E-state index in [0.29, 0.717) is 11.1 Å². The minimum Gasteiger partial charge on any atom is -0.481 e. The van der Waals surface area contributed by atoms with Gasteiger partial charge in [-0.15, -0.1) is 0 Å². The van der Waals surface area contributed by atoms with Gasteiger partial charge >= 0.3 is 11.9 Å². The lowest BCUT2D eigenvalue weighted by Gasteiger charge is -2.25. The molecule has 0 radical (unpaired) electrons. The molecule has 2 aromatic carbocycles. The van der Waals surface area contributed by atoms with Gasteiger partial charge in [-0.3, -0.25) is 24.0 Å². The Morgan fingerprint density at radius 2 is 1.15 bits per heavy atom. The standard InChI is InChI=1S/C32H37N7O8/c33-21(9-12-28(41)42)29(43)37-24(10-11-27(34)40)30(44)38-25(13-17-15-35-22-7-3-1-5-19(17)22)31(45)39-26(32(46)47)14-18-16-36-23-8-4-2-6-20(18)23/h1-8,15-16,21,24-26,35-36H,9-14,33H2,(H2,34,40)(H,37,43)(H,38,44)(H,39,45)(H,41,42)(H,46,47). The molecule has 4 aromatic rings. The fourth-order valence-electron chi connectivity index (χ4n) is 5.24. The maximum atomic E-state index is 13.8. The molecule has 15 nitrogen and oxygen atoms in total. The number of hydrogen-bond acceptors (Lipinski definition) is 7. The fourth-order valence-corrected chi connectivity index (χ4v) is 5.24. The summed E-state index contributed by atoms with van der Waals surface area (Å²) < 4.78 is 0. The third-order valence-electron chi connectivity index (χ3n) is 7.76. The molecule has 47 heavy (non-hydrogen) atoms. The summed E-state index contributed by atoms with van der Waals surface area (Å²) in [6, 6.07) is 9.28. The lowest BCUT2D eigenvalue weighted by Crippen LogP contribution is -2.58. The van der Waals surface area contributed by atoms with Crippen molar-refractivity contribution in [3.63, 3.8) is 0 Å². The molecule has 4 rings (SSSR count). The number of hydrogen-bond donors (Lipinski definition) is 9. The number of primary amides is 1. The van der Waals surface area contributed by atoms with Crippen LogP contribution in [0.25, 0.3) is 21.8 Å². The van der Waals surface area contributed by atoms with Crippen LogP contribution in [0.2, 0.25) is 0 Å². The number of carbonyl (C=O) groups excluding carboxylic acids is 4. The molecule has 0 fully saturated rings. The van der Waals surface area contributed by atoms with Gasteiger partial charge in [0.1, 0.15) is 18.1 Å². The lowest BCUT2D eigenvalue weighted by atomic mass is 10.0. The highest BCUT2D eigenvalue weighted by Gasteiger charge is 2.31. The normalized spacial score (nSPS) is 13.7. The van der Waals surface area contributed by atoms with Gasteiger partial charge in [0.05, 0.1) is 6.04 Å². The number of benzene rings is 2. The van der Waals surface area contributed by atoms with Crippen LogP contribution in [0.15, 0.2) is 60.9 Å². The summed E-state index contributed by atoms with van der Waals surface area (Å²) in [7, 11) is 0. The molecule has 0 saturated carbocycles. The van der Waals surface area contributed by atoms with E-state index in [0.717, 1.165) is 21.8 Å². The molecule has 0 spiro atoms. The molecule has 0 bridgehead atoms. The smallest absolute Gasteiger partial charge is 0.326 e. The number of amides is 4. The second-order valence-corrected chi connectivity index (χ2v) is 11.2. The maximum absolute atomic E-state index is 13.8. The van der Waals surface area contributed by atoms with Crippen molar-refractivity contribution >= 4 is 57.4 Å². The van der Waals surface area contributed by atoms with Gasteiger partial charge < -0.3 is 47.6 Å². The largest absolute Gasteiger partial charge is 0.481 e. The number of aromatic amines is 2. The monoisotopic (exact) mass is 647 g/mol. The number of carbonyl (C=O) groups is 6. The van der Waals surface area contributed by atoms with E-state index in [4.69, 9.17) is 16.6 Å². The van der Waals surface area contributed by atoms with Gasteiger partial charge in [-0.25, -0.2) is 4.79 Å². The zero-order chi connectivity index (χ0) is 34.1. The first-order valence-electron chi connectivity index (χ1n) is 14.9. The summed E-state index contributed by atoms with van der Waals surface area (Å²) in [5.74, 6) is -5.68. The predicted octanol–water partition coefficient (Wildman–Crippen LogP) is 0.431. The number of nitrogens with one attached hydrogen (secondary N) is 5. The highest BCUT2D eigenvalue weighted by atomic mass is 16.4. The number of rotatable bonds is 17. The van der Waals surface area contributed by atoms with E-state index in [2.05, 4.69) is 25.9 Å². The number of para-hydroxylation sites is 2. The van der Waals surface area contributed by atoms with Crippen molar-refractivity contribution in [3.8, 4) is 0 Å². The van der Waals surface area contributed by atoms with E-state index in [-0.39, 0.29) is 38.5 Å². The topological polar surface area (TPSA) is 263 Å². The summed E-state index contributed by atoms with van der Waals surface area (Å²) in [5.41, 5.74) is 14.0. The zero-order valence-electron chi connectivity index (χ0n) is 25.3. The maximum Gasteiger partial charge on any atom is 0.326 e. The van der Waals surface area contributed by atoms with Gasteiger partial charge in [0.15, 0.2) is 0 Å². The van der Waals surface area contributed by atoms with Gasteiger partial charge in [0.25, 0.3) is 0 Å². The first-order chi connectivity index (χ1) is 22.4. The van der Waals surface area contributed by atoms with Crippen molar-refractivity contribution in [3.05, 3.63) is 72.1 Å². The molecule has 0 aliphatic rings. The third-order valence-corrected chi connectivity index (χ3v) is 7.76. The SMILES string of the molecule is NC(=O)CCC(NC(=O)C(N)CCC(=O)O)C(=O)NC(Cc1c[nH]c2ccccc12)C(=O)NC(Cc1c[nH]c2ccccc12)C(=O)O. The van der Waals surface area contributed by atoms with E-state index in [1.54, 1.807) is 18.5 Å². The van der Waals surface area contributed by atoms with Crippen LogP contribution in [-0.4, -0.2) is 79.9 Å². The minimum atomic E-state index is -1.37. The van der Waals surface area contributed by atoms with Gasteiger partial charge in [0, 0.05) is 59.9 Å². The van der Waals surface area contributed by atoms with Crippen LogP contribution in [0, 0.1) is 0 Å². The summed E-state index contributed by atoms with van der Waals surface area (Å²) in [6.07, 6.45) is 2.11. The molecular weight excluding hydrogens is 610 g/mol. The summed E-state index contributed by atoms with van der Waals surface area (Å²) in [6.45, 7) is 0. The van der Waals surface area contributed by atoms with Gasteiger partial charge in [-0.2, -0.15) is 0 Å². The Morgan fingerprint density at radius 1 is 0.660 bits per heavy atom. The number of fused-ring (bicyclic) bond motifs is 2. The van der Waals surface area contributed by atoms with E-state index in [1.165, 1.54) is 0 Å². The minimum absolute atomic E-state index is 0.0512. The molecule has 4 unspecified atom stereocenters.